The second-order valence-corrected chi connectivity index (χ2v) is 3.75. The molecule has 72 valence electrons. The van der Waals surface area contributed by atoms with Crippen LogP contribution in [0.25, 0.3) is 0 Å². The average Bonchev–Trinajstić information content (AvgIpc) is 2.99. The number of hydrogen-bond acceptors (Lipinski definition) is 3. The van der Waals surface area contributed by atoms with Crippen LogP contribution in [0.5, 0.6) is 0 Å². The molecule has 0 spiro atoms. The number of pyridine rings is 1. The van der Waals surface area contributed by atoms with Gasteiger partial charge in [0.2, 0.25) is 5.56 Å². The van der Waals surface area contributed by atoms with Crippen LogP contribution in [0.15, 0.2) is 21.9 Å². The zero-order chi connectivity index (χ0) is 9.54. The van der Waals surface area contributed by atoms with Crippen molar-refractivity contribution in [1.82, 2.24) is 4.98 Å². The van der Waals surface area contributed by atoms with Crippen LogP contribution in [-0.4, -0.2) is 23.8 Å². The topological polar surface area (TPSA) is 48.5 Å². The molecule has 0 aromatic carbocycles. The van der Waals surface area contributed by atoms with Crippen molar-refractivity contribution in [2.24, 2.45) is 4.99 Å². The summed E-state index contributed by atoms with van der Waals surface area (Å²) in [5.41, 5.74) is 0.980. The van der Waals surface area contributed by atoms with E-state index in [2.05, 4.69) is 14.9 Å². The lowest BCUT2D eigenvalue weighted by atomic mass is 10.3. The predicted molar refractivity (Wildman–Crippen MR) is 55.6 cm³/mol. The van der Waals surface area contributed by atoms with Gasteiger partial charge in [-0.2, -0.15) is 0 Å². The van der Waals surface area contributed by atoms with E-state index in [-0.39, 0.29) is 5.56 Å². The van der Waals surface area contributed by atoms with Crippen molar-refractivity contribution in [1.29, 1.82) is 0 Å². The van der Waals surface area contributed by atoms with Gasteiger partial charge >= 0.3 is 0 Å². The maximum absolute atomic E-state index is 11.1. The highest BCUT2D eigenvalue weighted by atomic mass is 16.1. The Kier molecular flexibility index (Phi) is 1.50. The van der Waals surface area contributed by atoms with E-state index in [0.29, 0.717) is 11.9 Å². The third kappa shape index (κ3) is 1.14. The Hall–Kier alpha value is -1.58. The molecule has 0 bridgehead atoms. The molecule has 1 fully saturated rings. The van der Waals surface area contributed by atoms with E-state index in [9.17, 15) is 4.79 Å². The molecule has 14 heavy (non-hydrogen) atoms. The van der Waals surface area contributed by atoms with E-state index in [4.69, 9.17) is 0 Å². The van der Waals surface area contributed by atoms with Crippen molar-refractivity contribution in [3.63, 3.8) is 0 Å². The number of fused-ring (bicyclic) bond motifs is 1. The summed E-state index contributed by atoms with van der Waals surface area (Å²) in [6.07, 6.45) is 4.37. The van der Waals surface area contributed by atoms with Crippen molar-refractivity contribution < 1.29 is 0 Å². The summed E-state index contributed by atoms with van der Waals surface area (Å²) in [6, 6.07) is 4.09. The Morgan fingerprint density at radius 1 is 1.43 bits per heavy atom. The number of nitrogens with one attached hydrogen (secondary N) is 1. The van der Waals surface area contributed by atoms with Gasteiger partial charge in [-0.15, -0.1) is 0 Å². The number of aromatic nitrogens is 1. The van der Waals surface area contributed by atoms with Gasteiger partial charge in [0.1, 0.15) is 0 Å². The summed E-state index contributed by atoms with van der Waals surface area (Å²) in [5.74, 6) is 0.704. The monoisotopic (exact) mass is 189 g/mol. The van der Waals surface area contributed by atoms with Gasteiger partial charge in [0.05, 0.1) is 12.2 Å². The van der Waals surface area contributed by atoms with Crippen LogP contribution in [0.3, 0.4) is 0 Å². The first kappa shape index (κ1) is 7.79. The lowest BCUT2D eigenvalue weighted by molar-refractivity contribution is 0.867. The molecule has 1 aromatic rings. The third-order valence-corrected chi connectivity index (χ3v) is 2.67. The van der Waals surface area contributed by atoms with Gasteiger partial charge in [0.15, 0.2) is 5.82 Å². The summed E-state index contributed by atoms with van der Waals surface area (Å²) in [7, 11) is 0. The zero-order valence-electron chi connectivity index (χ0n) is 7.73. The lowest BCUT2D eigenvalue weighted by Gasteiger charge is -2.26. The van der Waals surface area contributed by atoms with Gasteiger partial charge in [0, 0.05) is 18.3 Å². The first-order valence-electron chi connectivity index (χ1n) is 4.87. The van der Waals surface area contributed by atoms with Crippen molar-refractivity contribution in [2.45, 2.75) is 18.9 Å². The molecular formula is C10H11N3O. The van der Waals surface area contributed by atoms with E-state index >= 15 is 0 Å². The molecule has 0 saturated heterocycles. The third-order valence-electron chi connectivity index (χ3n) is 2.67. The fourth-order valence-corrected chi connectivity index (χ4v) is 1.84. The van der Waals surface area contributed by atoms with Gasteiger partial charge in [-0.25, -0.2) is 4.99 Å². The molecule has 0 amide bonds. The number of rotatable bonds is 1. The number of H-pyrrole nitrogens is 1. The Labute approximate surface area is 81.3 Å². The minimum absolute atomic E-state index is 0.0847. The van der Waals surface area contributed by atoms with Crippen molar-refractivity contribution in [2.75, 3.05) is 11.4 Å². The Bertz CT molecular complexity index is 445. The molecule has 0 atom stereocenters. The smallest absolute Gasteiger partial charge is 0.249 e. The molecule has 1 aliphatic heterocycles. The maximum Gasteiger partial charge on any atom is 0.249 e. The van der Waals surface area contributed by atoms with Crippen LogP contribution in [0.2, 0.25) is 0 Å². The molecule has 0 radical (unpaired) electrons. The molecular weight excluding hydrogens is 178 g/mol. The highest BCUT2D eigenvalue weighted by molar-refractivity contribution is 5.80. The van der Waals surface area contributed by atoms with Crippen LogP contribution >= 0.6 is 0 Å². The molecule has 2 aliphatic rings. The van der Waals surface area contributed by atoms with Crippen LogP contribution in [0, 0.1) is 0 Å². The zero-order valence-corrected chi connectivity index (χ0v) is 7.73. The summed E-state index contributed by atoms with van der Waals surface area (Å²) < 4.78 is 0. The van der Waals surface area contributed by atoms with Gasteiger partial charge in [0.25, 0.3) is 0 Å². The first-order chi connectivity index (χ1) is 6.84. The highest BCUT2D eigenvalue weighted by Crippen LogP contribution is 2.36. The summed E-state index contributed by atoms with van der Waals surface area (Å²) >= 11 is 0. The van der Waals surface area contributed by atoms with E-state index in [1.54, 1.807) is 6.07 Å². The maximum atomic E-state index is 11.1. The number of aliphatic imine (C=N–C) groups is 1. The number of hydrogen-bond donors (Lipinski definition) is 1. The average molecular weight is 189 g/mol. The molecule has 2 heterocycles. The summed E-state index contributed by atoms with van der Waals surface area (Å²) in [5, 5.41) is 0. The van der Waals surface area contributed by atoms with Gasteiger partial charge < -0.3 is 9.88 Å². The van der Waals surface area contributed by atoms with Crippen LogP contribution in [-0.2, 0) is 0 Å². The Morgan fingerprint density at radius 2 is 2.29 bits per heavy atom. The molecule has 1 saturated carbocycles. The summed E-state index contributed by atoms with van der Waals surface area (Å²) in [6.45, 7) is 0.865. The summed E-state index contributed by atoms with van der Waals surface area (Å²) in [4.78, 5) is 20.3. The molecule has 1 N–H and O–H groups in total. The van der Waals surface area contributed by atoms with Crippen molar-refractivity contribution >= 4 is 17.7 Å². The molecule has 1 aliphatic carbocycles. The number of nitrogens with zero attached hydrogens (tertiary/aromatic N) is 2. The first-order valence-corrected chi connectivity index (χ1v) is 4.87. The highest BCUT2D eigenvalue weighted by Gasteiger charge is 2.31. The van der Waals surface area contributed by atoms with Gasteiger partial charge in [-0.05, 0) is 18.9 Å². The number of anilines is 1. The van der Waals surface area contributed by atoms with E-state index in [1.165, 1.54) is 12.8 Å². The second kappa shape index (κ2) is 2.70. The molecule has 1 aromatic heterocycles. The SMILES string of the molecule is O=c1ccc2c([nH]1)N=CCN2C1CC1. The minimum atomic E-state index is -0.0847. The number of aromatic amines is 1. The van der Waals surface area contributed by atoms with Crippen molar-refractivity contribution in [3.05, 3.63) is 22.5 Å². The van der Waals surface area contributed by atoms with Crippen LogP contribution in [0.1, 0.15) is 12.8 Å². The normalized spacial score (nSPS) is 19.6. The molecule has 3 rings (SSSR count). The standard InChI is InChI=1S/C10H11N3O/c14-9-4-3-8-10(12-9)11-5-6-13(8)7-1-2-7/h3-5,7H,1-2,6H2,(H,12,14). The van der Waals surface area contributed by atoms with Crippen molar-refractivity contribution in [3.8, 4) is 0 Å². The molecule has 4 nitrogen and oxygen atoms in total. The fraction of sp³-hybridized carbons (Fsp3) is 0.400. The second-order valence-electron chi connectivity index (χ2n) is 3.75. The molecule has 0 unspecified atom stereocenters. The Balaban J connectivity index is 2.10. The minimum Gasteiger partial charge on any atom is -0.360 e. The van der Waals surface area contributed by atoms with Gasteiger partial charge in [-0.3, -0.25) is 4.79 Å². The largest absolute Gasteiger partial charge is 0.360 e. The van der Waals surface area contributed by atoms with E-state index in [0.717, 1.165) is 12.2 Å². The van der Waals surface area contributed by atoms with E-state index < -0.39 is 0 Å². The Morgan fingerprint density at radius 3 is 3.07 bits per heavy atom. The quantitative estimate of drug-likeness (QED) is 0.718. The van der Waals surface area contributed by atoms with Gasteiger partial charge in [-0.1, -0.05) is 0 Å². The fourth-order valence-electron chi connectivity index (χ4n) is 1.84. The molecule has 4 heteroatoms. The van der Waals surface area contributed by atoms with E-state index in [1.807, 2.05) is 12.3 Å². The van der Waals surface area contributed by atoms with Crippen LogP contribution in [0.4, 0.5) is 11.5 Å². The predicted octanol–water partition coefficient (Wildman–Crippen LogP) is 1.06. The lowest BCUT2D eigenvalue weighted by Crippen LogP contribution is -2.30. The van der Waals surface area contributed by atoms with Crippen LogP contribution < -0.4 is 10.5 Å².